The van der Waals surface area contributed by atoms with Crippen LogP contribution in [0.3, 0.4) is 0 Å². The smallest absolute Gasteiger partial charge is 0.319 e. The molecule has 0 saturated carbocycles. The van der Waals surface area contributed by atoms with E-state index in [-0.39, 0.29) is 22.7 Å². The van der Waals surface area contributed by atoms with Gasteiger partial charge in [0.05, 0.1) is 0 Å². The number of phenolic OH excluding ortho intramolecular Hbond substituents is 2. The summed E-state index contributed by atoms with van der Waals surface area (Å²) >= 11 is 2.96. The summed E-state index contributed by atoms with van der Waals surface area (Å²) in [6.07, 6.45) is 0. The third-order valence-electron chi connectivity index (χ3n) is 2.91. The Morgan fingerprint density at radius 3 is 2.09 bits per heavy atom. The van der Waals surface area contributed by atoms with Crippen molar-refractivity contribution in [2.45, 2.75) is 22.0 Å². The van der Waals surface area contributed by atoms with Gasteiger partial charge in [-0.2, -0.15) is 0 Å². The Bertz CT molecular complexity index is 626. The molecule has 23 heavy (non-hydrogen) atoms. The minimum absolute atomic E-state index is 0.204. The van der Waals surface area contributed by atoms with E-state index < -0.39 is 0 Å². The van der Waals surface area contributed by atoms with Crippen molar-refractivity contribution in [2.75, 3.05) is 12.4 Å². The molecular formula is C17H18O4S2. The van der Waals surface area contributed by atoms with Crippen LogP contribution in [0.2, 0.25) is 0 Å². The highest BCUT2D eigenvalue weighted by Crippen LogP contribution is 2.26. The van der Waals surface area contributed by atoms with Gasteiger partial charge < -0.3 is 14.9 Å². The van der Waals surface area contributed by atoms with Gasteiger partial charge in [0, 0.05) is 15.5 Å². The second-order valence-electron chi connectivity index (χ2n) is 4.76. The number of esters is 1. The fraction of sp³-hybridized carbons (Fsp3) is 0.235. The number of phenols is 2. The average molecular weight is 350 g/mol. The van der Waals surface area contributed by atoms with Crippen molar-refractivity contribution in [1.82, 2.24) is 0 Å². The Hall–Kier alpha value is -1.79. The highest BCUT2D eigenvalue weighted by molar-refractivity contribution is 8.00. The minimum atomic E-state index is -0.307. The van der Waals surface area contributed by atoms with E-state index in [1.54, 1.807) is 55.1 Å². The first kappa shape index (κ1) is 17.6. The normalized spacial score (nSPS) is 11.9. The molecule has 122 valence electrons. The van der Waals surface area contributed by atoms with Crippen LogP contribution in [0.25, 0.3) is 0 Å². The van der Waals surface area contributed by atoms with E-state index in [4.69, 9.17) is 4.74 Å². The van der Waals surface area contributed by atoms with Crippen molar-refractivity contribution >= 4 is 29.5 Å². The highest BCUT2D eigenvalue weighted by atomic mass is 32.2. The molecule has 1 atom stereocenters. The molecule has 0 spiro atoms. The van der Waals surface area contributed by atoms with E-state index in [0.717, 1.165) is 9.79 Å². The molecule has 0 heterocycles. The zero-order valence-corrected chi connectivity index (χ0v) is 14.3. The minimum Gasteiger partial charge on any atom is -0.508 e. The lowest BCUT2D eigenvalue weighted by Gasteiger charge is -2.11. The SMILES string of the molecule is CC(Sc1ccc(O)cc1)C(=O)OCCSc1ccc(O)cc1. The first-order chi connectivity index (χ1) is 11.0. The van der Waals surface area contributed by atoms with Gasteiger partial charge in [-0.15, -0.1) is 23.5 Å². The van der Waals surface area contributed by atoms with Crippen LogP contribution in [0, 0.1) is 0 Å². The zero-order chi connectivity index (χ0) is 16.7. The van der Waals surface area contributed by atoms with E-state index >= 15 is 0 Å². The first-order valence-corrected chi connectivity index (χ1v) is 8.95. The van der Waals surface area contributed by atoms with E-state index in [1.165, 1.54) is 11.8 Å². The molecule has 4 nitrogen and oxygen atoms in total. The summed E-state index contributed by atoms with van der Waals surface area (Å²) in [7, 11) is 0. The van der Waals surface area contributed by atoms with Crippen LogP contribution in [0.15, 0.2) is 58.3 Å². The van der Waals surface area contributed by atoms with E-state index in [0.29, 0.717) is 12.4 Å². The van der Waals surface area contributed by atoms with Crippen LogP contribution in [0.5, 0.6) is 11.5 Å². The van der Waals surface area contributed by atoms with Gasteiger partial charge in [-0.3, -0.25) is 4.79 Å². The molecular weight excluding hydrogens is 332 g/mol. The molecule has 0 saturated heterocycles. The largest absolute Gasteiger partial charge is 0.508 e. The molecule has 0 aliphatic heterocycles. The number of hydrogen-bond donors (Lipinski definition) is 2. The van der Waals surface area contributed by atoms with Crippen LogP contribution in [-0.2, 0) is 9.53 Å². The van der Waals surface area contributed by atoms with Crippen LogP contribution in [0.1, 0.15) is 6.92 Å². The van der Waals surface area contributed by atoms with Crippen molar-refractivity contribution in [1.29, 1.82) is 0 Å². The second-order valence-corrected chi connectivity index (χ2v) is 7.35. The standard InChI is InChI=1S/C17H18O4S2/c1-12(23-16-8-4-14(19)5-9-16)17(20)21-10-11-22-15-6-2-13(18)3-7-15/h2-9,12,18-19H,10-11H2,1H3. The molecule has 0 fully saturated rings. The number of carbonyl (C=O) groups excluding carboxylic acids is 1. The third-order valence-corrected chi connectivity index (χ3v) is 4.98. The van der Waals surface area contributed by atoms with Gasteiger partial charge in [0.2, 0.25) is 0 Å². The van der Waals surface area contributed by atoms with Gasteiger partial charge >= 0.3 is 5.97 Å². The molecule has 2 aromatic carbocycles. The number of benzene rings is 2. The zero-order valence-electron chi connectivity index (χ0n) is 12.6. The summed E-state index contributed by atoms with van der Waals surface area (Å²) in [4.78, 5) is 13.9. The Labute approximate surface area is 143 Å². The van der Waals surface area contributed by atoms with Crippen molar-refractivity contribution in [3.8, 4) is 11.5 Å². The summed E-state index contributed by atoms with van der Waals surface area (Å²) in [5.74, 6) is 0.846. The van der Waals surface area contributed by atoms with Crippen LogP contribution in [0.4, 0.5) is 0 Å². The van der Waals surface area contributed by atoms with E-state index in [1.807, 2.05) is 12.1 Å². The van der Waals surface area contributed by atoms with Gasteiger partial charge in [0.1, 0.15) is 23.4 Å². The number of aromatic hydroxyl groups is 2. The predicted octanol–water partition coefficient (Wildman–Crippen LogP) is 3.91. The summed E-state index contributed by atoms with van der Waals surface area (Å²) in [6.45, 7) is 2.14. The highest BCUT2D eigenvalue weighted by Gasteiger charge is 2.15. The third kappa shape index (κ3) is 6.08. The van der Waals surface area contributed by atoms with Crippen LogP contribution >= 0.6 is 23.5 Å². The topological polar surface area (TPSA) is 66.8 Å². The lowest BCUT2D eigenvalue weighted by atomic mass is 10.3. The van der Waals surface area contributed by atoms with Crippen molar-refractivity contribution < 1.29 is 19.7 Å². The fourth-order valence-electron chi connectivity index (χ4n) is 1.74. The molecule has 2 aromatic rings. The van der Waals surface area contributed by atoms with Gasteiger partial charge in [0.25, 0.3) is 0 Å². The van der Waals surface area contributed by atoms with E-state index in [2.05, 4.69) is 0 Å². The predicted molar refractivity (Wildman–Crippen MR) is 93.2 cm³/mol. The number of carbonyl (C=O) groups is 1. The monoisotopic (exact) mass is 350 g/mol. The van der Waals surface area contributed by atoms with Gasteiger partial charge in [-0.25, -0.2) is 0 Å². The van der Waals surface area contributed by atoms with Crippen molar-refractivity contribution in [2.24, 2.45) is 0 Å². The van der Waals surface area contributed by atoms with Crippen LogP contribution < -0.4 is 0 Å². The Morgan fingerprint density at radius 2 is 1.52 bits per heavy atom. The quantitative estimate of drug-likeness (QED) is 0.448. The molecule has 2 rings (SSSR count). The molecule has 0 aromatic heterocycles. The first-order valence-electron chi connectivity index (χ1n) is 7.09. The summed E-state index contributed by atoms with van der Waals surface area (Å²) in [6, 6.07) is 13.6. The van der Waals surface area contributed by atoms with Gasteiger partial charge in [0.15, 0.2) is 0 Å². The Kier molecular flexibility index (Phi) is 6.67. The maximum atomic E-state index is 11.9. The molecule has 0 bridgehead atoms. The van der Waals surface area contributed by atoms with E-state index in [9.17, 15) is 15.0 Å². The lowest BCUT2D eigenvalue weighted by molar-refractivity contribution is -0.141. The number of ether oxygens (including phenoxy) is 1. The van der Waals surface area contributed by atoms with Crippen LogP contribution in [-0.4, -0.2) is 33.8 Å². The molecule has 0 amide bonds. The fourth-order valence-corrected chi connectivity index (χ4v) is 3.34. The Morgan fingerprint density at radius 1 is 1.00 bits per heavy atom. The molecule has 0 radical (unpaired) electrons. The lowest BCUT2D eigenvalue weighted by Crippen LogP contribution is -2.18. The molecule has 1 unspecified atom stereocenters. The summed E-state index contributed by atoms with van der Waals surface area (Å²) < 4.78 is 5.27. The number of rotatable bonds is 7. The van der Waals surface area contributed by atoms with Crippen molar-refractivity contribution in [3.63, 3.8) is 0 Å². The van der Waals surface area contributed by atoms with Gasteiger partial charge in [-0.05, 0) is 55.5 Å². The number of hydrogen-bond acceptors (Lipinski definition) is 6. The summed E-state index contributed by atoms with van der Waals surface area (Å²) in [5.41, 5.74) is 0. The average Bonchev–Trinajstić information content (AvgIpc) is 2.55. The summed E-state index contributed by atoms with van der Waals surface area (Å²) in [5, 5.41) is 18.1. The van der Waals surface area contributed by atoms with Gasteiger partial charge in [-0.1, -0.05) is 0 Å². The molecule has 2 N–H and O–H groups in total. The Balaban J connectivity index is 1.69. The van der Waals surface area contributed by atoms with Crippen molar-refractivity contribution in [3.05, 3.63) is 48.5 Å². The molecule has 0 aliphatic carbocycles. The maximum absolute atomic E-state index is 11.9. The molecule has 0 aliphatic rings. The maximum Gasteiger partial charge on any atom is 0.319 e. The number of thioether (sulfide) groups is 2. The molecule has 6 heteroatoms. The second kappa shape index (κ2) is 8.74.